The minimum Gasteiger partial charge on any atom is -0.324 e. The van der Waals surface area contributed by atoms with E-state index < -0.39 is 5.31 Å². The van der Waals surface area contributed by atoms with Crippen LogP contribution in [-0.4, -0.2) is 12.4 Å². The zero-order valence-corrected chi connectivity index (χ0v) is 3.94. The summed E-state index contributed by atoms with van der Waals surface area (Å²) < 4.78 is 4.48. The normalized spacial score (nSPS) is 24.3. The molecule has 34 valence electrons. The molecule has 0 fully saturated rings. The lowest BCUT2D eigenvalue weighted by Crippen LogP contribution is -2.00. The van der Waals surface area contributed by atoms with E-state index >= 15 is 0 Å². The molecule has 4 heteroatoms. The van der Waals surface area contributed by atoms with Crippen LogP contribution in [0.25, 0.3) is 0 Å². The second kappa shape index (κ2) is 0.918. The van der Waals surface area contributed by atoms with E-state index in [1.807, 2.05) is 0 Å². The first-order valence-electron chi connectivity index (χ1n) is 1.45. The Morgan fingerprint density at radius 3 is 2.17 bits per heavy atom. The summed E-state index contributed by atoms with van der Waals surface area (Å²) in [5.41, 5.74) is 0. The fourth-order valence-electron chi connectivity index (χ4n) is 0.121. The maximum atomic E-state index is 5.27. The SMILES string of the molecule is COC1(Cl)N=N1. The van der Waals surface area contributed by atoms with Crippen molar-refractivity contribution in [3.63, 3.8) is 0 Å². The highest BCUT2D eigenvalue weighted by Gasteiger charge is 2.37. The monoisotopic (exact) mass is 106 g/mol. The summed E-state index contributed by atoms with van der Waals surface area (Å²) in [7, 11) is 1.45. The van der Waals surface area contributed by atoms with E-state index in [-0.39, 0.29) is 0 Å². The van der Waals surface area contributed by atoms with Crippen molar-refractivity contribution in [1.82, 2.24) is 0 Å². The number of nitrogens with zero attached hydrogens (tertiary/aromatic N) is 2. The van der Waals surface area contributed by atoms with Gasteiger partial charge in [0.25, 0.3) is 0 Å². The third-order valence-corrected chi connectivity index (χ3v) is 0.822. The molecule has 1 rings (SSSR count). The second-order valence-corrected chi connectivity index (χ2v) is 1.43. The largest absolute Gasteiger partial charge is 0.374 e. The molecule has 0 bridgehead atoms. The Morgan fingerprint density at radius 2 is 2.17 bits per heavy atom. The summed E-state index contributed by atoms with van der Waals surface area (Å²) in [5, 5.41) is 5.66. The molecular formula is C2H3ClN2O. The van der Waals surface area contributed by atoms with Crippen LogP contribution < -0.4 is 0 Å². The minimum absolute atomic E-state index is 0.986. The molecule has 1 aliphatic rings. The molecule has 0 amide bonds. The first-order valence-corrected chi connectivity index (χ1v) is 1.83. The van der Waals surface area contributed by atoms with E-state index in [4.69, 9.17) is 11.6 Å². The van der Waals surface area contributed by atoms with Gasteiger partial charge in [0, 0.05) is 7.11 Å². The van der Waals surface area contributed by atoms with Gasteiger partial charge < -0.3 is 4.74 Å². The summed E-state index contributed by atoms with van der Waals surface area (Å²) in [4.78, 5) is 0. The molecule has 0 saturated heterocycles. The molecule has 3 nitrogen and oxygen atoms in total. The van der Waals surface area contributed by atoms with Crippen molar-refractivity contribution in [2.75, 3.05) is 7.11 Å². The number of rotatable bonds is 1. The average Bonchev–Trinajstić information content (AvgIpc) is 2.22. The molecule has 1 heterocycles. The van der Waals surface area contributed by atoms with Gasteiger partial charge in [0.1, 0.15) is 0 Å². The highest BCUT2D eigenvalue weighted by molar-refractivity contribution is 6.23. The number of hydrogen-bond donors (Lipinski definition) is 0. The van der Waals surface area contributed by atoms with Gasteiger partial charge in [-0.15, -0.1) is 10.2 Å². The molecule has 0 spiro atoms. The van der Waals surface area contributed by atoms with Gasteiger partial charge in [-0.1, -0.05) is 0 Å². The summed E-state index contributed by atoms with van der Waals surface area (Å²) >= 11 is 5.27. The Balaban J connectivity index is 2.32. The van der Waals surface area contributed by atoms with E-state index in [0.29, 0.717) is 0 Å². The molecule has 0 aromatic rings. The number of methoxy groups -OCH3 is 1. The van der Waals surface area contributed by atoms with Crippen molar-refractivity contribution in [3.8, 4) is 0 Å². The zero-order chi connectivity index (χ0) is 4.62. The molecule has 1 aliphatic heterocycles. The predicted molar refractivity (Wildman–Crippen MR) is 20.4 cm³/mol. The second-order valence-electron chi connectivity index (χ2n) is 0.933. The van der Waals surface area contributed by atoms with Crippen molar-refractivity contribution >= 4 is 11.6 Å². The van der Waals surface area contributed by atoms with Crippen molar-refractivity contribution in [2.45, 2.75) is 5.31 Å². The van der Waals surface area contributed by atoms with Crippen LogP contribution in [0.3, 0.4) is 0 Å². The average molecular weight is 107 g/mol. The highest BCUT2D eigenvalue weighted by atomic mass is 35.5. The Morgan fingerprint density at radius 1 is 1.67 bits per heavy atom. The summed E-state index contributed by atoms with van der Waals surface area (Å²) in [6, 6.07) is 0. The van der Waals surface area contributed by atoms with Crippen LogP contribution in [0.15, 0.2) is 10.2 Å². The summed E-state index contributed by atoms with van der Waals surface area (Å²) in [5.74, 6) is 0. The maximum absolute atomic E-state index is 5.27. The lowest BCUT2D eigenvalue weighted by Gasteiger charge is -1.90. The van der Waals surface area contributed by atoms with E-state index in [2.05, 4.69) is 15.0 Å². The third-order valence-electron chi connectivity index (χ3n) is 0.517. The Hall–Kier alpha value is -0.150. The highest BCUT2D eigenvalue weighted by Crippen LogP contribution is 2.32. The number of halogens is 1. The first-order chi connectivity index (χ1) is 2.77. The van der Waals surface area contributed by atoms with Crippen molar-refractivity contribution in [2.24, 2.45) is 10.2 Å². The Bertz CT molecular complexity index is 85.5. The Labute approximate surface area is 40.0 Å². The molecular weight excluding hydrogens is 103 g/mol. The van der Waals surface area contributed by atoms with Crippen LogP contribution in [0.5, 0.6) is 0 Å². The molecule has 0 radical (unpaired) electrons. The Kier molecular flexibility index (Phi) is 0.615. The predicted octanol–water partition coefficient (Wildman–Crippen LogP) is 0.949. The summed E-state index contributed by atoms with van der Waals surface area (Å²) in [6.45, 7) is 0. The van der Waals surface area contributed by atoms with E-state index in [1.54, 1.807) is 0 Å². The molecule has 6 heavy (non-hydrogen) atoms. The summed E-state index contributed by atoms with van der Waals surface area (Å²) in [6.07, 6.45) is 0. The van der Waals surface area contributed by atoms with Crippen molar-refractivity contribution in [1.29, 1.82) is 0 Å². The number of ether oxygens (including phenoxy) is 1. The van der Waals surface area contributed by atoms with Gasteiger partial charge in [-0.05, 0) is 11.6 Å². The van der Waals surface area contributed by atoms with Crippen LogP contribution >= 0.6 is 11.6 Å². The molecule has 0 aromatic carbocycles. The van der Waals surface area contributed by atoms with Crippen LogP contribution in [0.4, 0.5) is 0 Å². The fourth-order valence-corrected chi connectivity index (χ4v) is 0.159. The van der Waals surface area contributed by atoms with E-state index in [9.17, 15) is 0 Å². The lowest BCUT2D eigenvalue weighted by molar-refractivity contribution is 0.134. The van der Waals surface area contributed by atoms with Gasteiger partial charge >= 0.3 is 5.31 Å². The maximum Gasteiger partial charge on any atom is 0.374 e. The molecule has 0 N–H and O–H groups in total. The smallest absolute Gasteiger partial charge is 0.324 e. The standard InChI is InChI=1S/C2H3ClN2O/c1-6-2(3)4-5-2/h1H3. The van der Waals surface area contributed by atoms with Gasteiger partial charge in [-0.25, -0.2) is 0 Å². The molecule has 0 aromatic heterocycles. The van der Waals surface area contributed by atoms with Crippen molar-refractivity contribution < 1.29 is 4.74 Å². The van der Waals surface area contributed by atoms with Crippen LogP contribution in [0.1, 0.15) is 0 Å². The van der Waals surface area contributed by atoms with E-state index in [0.717, 1.165) is 0 Å². The lowest BCUT2D eigenvalue weighted by atomic mass is 11.1. The number of hydrogen-bond acceptors (Lipinski definition) is 3. The molecule has 0 aliphatic carbocycles. The van der Waals surface area contributed by atoms with Crippen molar-refractivity contribution in [3.05, 3.63) is 0 Å². The minimum atomic E-state index is -0.986. The fraction of sp³-hybridized carbons (Fsp3) is 1.00. The first kappa shape index (κ1) is 4.02. The number of alkyl halides is 1. The van der Waals surface area contributed by atoms with Gasteiger partial charge in [-0.3, -0.25) is 0 Å². The molecule has 0 atom stereocenters. The van der Waals surface area contributed by atoms with Gasteiger partial charge in [0.05, 0.1) is 0 Å². The topological polar surface area (TPSA) is 34.0 Å². The van der Waals surface area contributed by atoms with Gasteiger partial charge in [0.15, 0.2) is 0 Å². The quantitative estimate of drug-likeness (QED) is 0.362. The third kappa shape index (κ3) is 0.507. The van der Waals surface area contributed by atoms with Gasteiger partial charge in [-0.2, -0.15) is 0 Å². The van der Waals surface area contributed by atoms with Crippen LogP contribution in [-0.2, 0) is 4.74 Å². The molecule has 0 unspecified atom stereocenters. The van der Waals surface area contributed by atoms with Crippen LogP contribution in [0.2, 0.25) is 0 Å². The zero-order valence-electron chi connectivity index (χ0n) is 3.18. The van der Waals surface area contributed by atoms with Crippen LogP contribution in [0, 0.1) is 0 Å². The van der Waals surface area contributed by atoms with E-state index in [1.165, 1.54) is 7.11 Å². The molecule has 0 saturated carbocycles. The van der Waals surface area contributed by atoms with Gasteiger partial charge in [0.2, 0.25) is 0 Å².